The average Bonchev–Trinajstić information content (AvgIpc) is 2.97. The third kappa shape index (κ3) is 8.08. The molecule has 218 valence electrons. The van der Waals surface area contributed by atoms with Crippen molar-refractivity contribution in [1.82, 2.24) is 5.43 Å². The number of rotatable bonds is 12. The zero-order valence-electron chi connectivity index (χ0n) is 23.0. The smallest absolute Gasteiger partial charge is 0.264 e. The van der Waals surface area contributed by atoms with Gasteiger partial charge in [-0.1, -0.05) is 41.4 Å². The van der Waals surface area contributed by atoms with Crippen molar-refractivity contribution in [3.05, 3.63) is 119 Å². The van der Waals surface area contributed by atoms with Gasteiger partial charge < -0.3 is 9.47 Å². The number of amides is 1. The number of carbonyl (C=O) groups is 1. The summed E-state index contributed by atoms with van der Waals surface area (Å²) in [5, 5.41) is 4.64. The summed E-state index contributed by atoms with van der Waals surface area (Å²) in [6.07, 6.45) is 1.41. The van der Waals surface area contributed by atoms with Crippen LogP contribution in [-0.4, -0.2) is 33.7 Å². The Hall–Kier alpha value is -4.41. The lowest BCUT2D eigenvalue weighted by Crippen LogP contribution is -2.39. The number of sulfonamides is 1. The number of hydrazone groups is 1. The topological polar surface area (TPSA) is 97.3 Å². The lowest BCUT2D eigenvalue weighted by atomic mass is 10.2. The molecule has 0 saturated heterocycles. The Labute approximate surface area is 249 Å². The summed E-state index contributed by atoms with van der Waals surface area (Å²) in [6, 6.07) is 23.6. The maximum absolute atomic E-state index is 13.4. The van der Waals surface area contributed by atoms with Crippen LogP contribution >= 0.6 is 11.6 Å². The first kappa shape index (κ1) is 30.5. The number of carbonyl (C=O) groups excluding carboxylic acids is 1. The zero-order chi connectivity index (χ0) is 30.1. The van der Waals surface area contributed by atoms with E-state index in [9.17, 15) is 17.6 Å². The standard InChI is InChI=1S/C31H29ClFN3O5S/c1-3-40-30-18-24(8-17-29(30)41-21-23-6-9-25(32)10-7-23)19-34-35-31(37)20-36(27-13-4-22(2)5-14-27)42(38,39)28-15-11-26(33)12-16-28/h4-19H,3,20-21H2,1-2H3,(H,35,37)/b34-19-. The largest absolute Gasteiger partial charge is 0.490 e. The van der Waals surface area contributed by atoms with E-state index >= 15 is 0 Å². The molecule has 0 heterocycles. The number of hydrogen-bond donors (Lipinski definition) is 1. The number of hydrogen-bond acceptors (Lipinski definition) is 6. The first-order chi connectivity index (χ1) is 20.2. The van der Waals surface area contributed by atoms with Gasteiger partial charge in [0.25, 0.3) is 15.9 Å². The van der Waals surface area contributed by atoms with Gasteiger partial charge in [-0.25, -0.2) is 18.2 Å². The average molecular weight is 610 g/mol. The molecular formula is C31H29ClFN3O5S. The third-order valence-electron chi connectivity index (χ3n) is 5.99. The van der Waals surface area contributed by atoms with Crippen LogP contribution in [0.2, 0.25) is 5.02 Å². The minimum Gasteiger partial charge on any atom is -0.490 e. The molecule has 0 spiro atoms. The van der Waals surface area contributed by atoms with E-state index in [1.165, 1.54) is 6.21 Å². The second kappa shape index (κ2) is 14.0. The lowest BCUT2D eigenvalue weighted by Gasteiger charge is -2.23. The highest BCUT2D eigenvalue weighted by Crippen LogP contribution is 2.29. The minimum absolute atomic E-state index is 0.150. The van der Waals surface area contributed by atoms with E-state index < -0.39 is 28.3 Å². The van der Waals surface area contributed by atoms with Gasteiger partial charge in [0.15, 0.2) is 11.5 Å². The molecule has 0 aliphatic rings. The molecule has 0 aliphatic heterocycles. The van der Waals surface area contributed by atoms with E-state index in [-0.39, 0.29) is 10.6 Å². The molecule has 8 nitrogen and oxygen atoms in total. The van der Waals surface area contributed by atoms with Crippen LogP contribution in [0.4, 0.5) is 10.1 Å². The highest BCUT2D eigenvalue weighted by atomic mass is 35.5. The molecule has 0 aliphatic carbocycles. The van der Waals surface area contributed by atoms with Crippen LogP contribution in [0.15, 0.2) is 101 Å². The zero-order valence-corrected chi connectivity index (χ0v) is 24.5. The maximum Gasteiger partial charge on any atom is 0.264 e. The molecule has 0 fully saturated rings. The normalized spacial score (nSPS) is 11.3. The molecule has 4 aromatic rings. The molecule has 0 atom stereocenters. The van der Waals surface area contributed by atoms with Gasteiger partial charge in [0.1, 0.15) is 19.0 Å². The van der Waals surface area contributed by atoms with Crippen LogP contribution in [0, 0.1) is 12.7 Å². The Morgan fingerprint density at radius 2 is 1.64 bits per heavy atom. The highest BCUT2D eigenvalue weighted by Gasteiger charge is 2.27. The van der Waals surface area contributed by atoms with Crippen LogP contribution in [-0.2, 0) is 21.4 Å². The van der Waals surface area contributed by atoms with Crippen LogP contribution < -0.4 is 19.2 Å². The molecule has 0 unspecified atom stereocenters. The predicted molar refractivity (Wildman–Crippen MR) is 161 cm³/mol. The summed E-state index contributed by atoms with van der Waals surface area (Å²) in [6.45, 7) is 3.88. The van der Waals surface area contributed by atoms with Gasteiger partial charge in [-0.2, -0.15) is 5.10 Å². The molecule has 4 aromatic carbocycles. The van der Waals surface area contributed by atoms with Crippen molar-refractivity contribution in [2.45, 2.75) is 25.3 Å². The molecule has 42 heavy (non-hydrogen) atoms. The van der Waals surface area contributed by atoms with E-state index in [1.807, 2.05) is 26.0 Å². The molecule has 0 aromatic heterocycles. The van der Waals surface area contributed by atoms with Crippen molar-refractivity contribution in [2.24, 2.45) is 5.10 Å². The number of nitrogens with zero attached hydrogens (tertiary/aromatic N) is 2. The van der Waals surface area contributed by atoms with Crippen molar-refractivity contribution in [3.63, 3.8) is 0 Å². The van der Waals surface area contributed by atoms with Crippen LogP contribution in [0.3, 0.4) is 0 Å². The minimum atomic E-state index is -4.18. The summed E-state index contributed by atoms with van der Waals surface area (Å²) >= 11 is 5.94. The van der Waals surface area contributed by atoms with Crippen LogP contribution in [0.1, 0.15) is 23.6 Å². The van der Waals surface area contributed by atoms with Gasteiger partial charge in [-0.15, -0.1) is 0 Å². The van der Waals surface area contributed by atoms with Gasteiger partial charge in [0.2, 0.25) is 0 Å². The van der Waals surface area contributed by atoms with Gasteiger partial charge >= 0.3 is 0 Å². The molecule has 1 amide bonds. The summed E-state index contributed by atoms with van der Waals surface area (Å²) in [4.78, 5) is 12.7. The quantitative estimate of drug-likeness (QED) is 0.154. The van der Waals surface area contributed by atoms with E-state index in [2.05, 4.69) is 10.5 Å². The van der Waals surface area contributed by atoms with Gasteiger partial charge in [0.05, 0.1) is 23.4 Å². The Bertz CT molecular complexity index is 1650. The number of ether oxygens (including phenoxy) is 2. The maximum atomic E-state index is 13.4. The van der Waals surface area contributed by atoms with Crippen molar-refractivity contribution < 1.29 is 27.1 Å². The highest BCUT2D eigenvalue weighted by molar-refractivity contribution is 7.92. The summed E-state index contributed by atoms with van der Waals surface area (Å²) < 4.78 is 52.8. The molecule has 0 bridgehead atoms. The van der Waals surface area contributed by atoms with Gasteiger partial charge in [0, 0.05) is 5.02 Å². The molecular weight excluding hydrogens is 581 g/mol. The van der Waals surface area contributed by atoms with E-state index in [0.29, 0.717) is 35.3 Å². The number of aryl methyl sites for hydroxylation is 1. The van der Waals surface area contributed by atoms with Crippen molar-refractivity contribution >= 4 is 39.4 Å². The fourth-order valence-electron chi connectivity index (χ4n) is 3.84. The van der Waals surface area contributed by atoms with E-state index in [0.717, 1.165) is 39.7 Å². The van der Waals surface area contributed by atoms with Crippen molar-refractivity contribution in [1.29, 1.82) is 0 Å². The lowest BCUT2D eigenvalue weighted by molar-refractivity contribution is -0.119. The number of nitrogens with one attached hydrogen (secondary N) is 1. The Balaban J connectivity index is 1.46. The fraction of sp³-hybridized carbons (Fsp3) is 0.161. The van der Waals surface area contributed by atoms with E-state index in [1.54, 1.807) is 54.6 Å². The predicted octanol–water partition coefficient (Wildman–Crippen LogP) is 6.11. The third-order valence-corrected chi connectivity index (χ3v) is 8.03. The van der Waals surface area contributed by atoms with Gasteiger partial charge in [-0.05, 0) is 91.7 Å². The van der Waals surface area contributed by atoms with Gasteiger partial charge in [-0.3, -0.25) is 9.10 Å². The van der Waals surface area contributed by atoms with Crippen LogP contribution in [0.5, 0.6) is 11.5 Å². The molecule has 11 heteroatoms. The summed E-state index contributed by atoms with van der Waals surface area (Å²) in [5.41, 5.74) is 5.13. The first-order valence-corrected chi connectivity index (χ1v) is 14.8. The SMILES string of the molecule is CCOc1cc(/C=N\NC(=O)CN(c2ccc(C)cc2)S(=O)(=O)c2ccc(F)cc2)ccc1OCc1ccc(Cl)cc1. The Kier molecular flexibility index (Phi) is 10.2. The molecule has 0 saturated carbocycles. The number of benzene rings is 4. The van der Waals surface area contributed by atoms with Crippen molar-refractivity contribution in [2.75, 3.05) is 17.5 Å². The van der Waals surface area contributed by atoms with E-state index in [4.69, 9.17) is 21.1 Å². The molecule has 1 N–H and O–H groups in total. The van der Waals surface area contributed by atoms with Crippen molar-refractivity contribution in [3.8, 4) is 11.5 Å². The summed E-state index contributed by atoms with van der Waals surface area (Å²) in [5.74, 6) is -0.215. The molecule has 0 radical (unpaired) electrons. The number of anilines is 1. The second-order valence-corrected chi connectivity index (χ2v) is 11.4. The Morgan fingerprint density at radius 3 is 2.31 bits per heavy atom. The van der Waals surface area contributed by atoms with Crippen LogP contribution in [0.25, 0.3) is 0 Å². The fourth-order valence-corrected chi connectivity index (χ4v) is 5.39. The molecule has 4 rings (SSSR count). The monoisotopic (exact) mass is 609 g/mol. The number of halogens is 2. The first-order valence-electron chi connectivity index (χ1n) is 13.0. The second-order valence-electron chi connectivity index (χ2n) is 9.15. The Morgan fingerprint density at radius 1 is 0.952 bits per heavy atom. The summed E-state index contributed by atoms with van der Waals surface area (Å²) in [7, 11) is -4.18.